The summed E-state index contributed by atoms with van der Waals surface area (Å²) in [5.74, 6) is -0.876. The van der Waals surface area contributed by atoms with Crippen LogP contribution in [-0.4, -0.2) is 34.7 Å². The van der Waals surface area contributed by atoms with Crippen LogP contribution in [0.15, 0.2) is 47.1 Å². The van der Waals surface area contributed by atoms with E-state index in [2.05, 4.69) is 20.9 Å². The van der Waals surface area contributed by atoms with Gasteiger partial charge in [-0.2, -0.15) is 0 Å². The van der Waals surface area contributed by atoms with Gasteiger partial charge in [0.15, 0.2) is 5.69 Å². The van der Waals surface area contributed by atoms with E-state index in [0.29, 0.717) is 16.9 Å². The molecule has 2 aromatic heterocycles. The number of esters is 2. The quantitative estimate of drug-likeness (QED) is 0.547. The van der Waals surface area contributed by atoms with Gasteiger partial charge >= 0.3 is 11.9 Å². The summed E-state index contributed by atoms with van der Waals surface area (Å²) in [4.78, 5) is 28.6. The maximum absolute atomic E-state index is 12.1. The number of carbonyl (C=O) groups excluding carboxylic acids is 2. The number of fused-ring (bicyclic) bond motifs is 1. The number of benzene rings is 1. The molecular formula is C20H19BrN2O4. The highest BCUT2D eigenvalue weighted by Gasteiger charge is 2.21. The molecule has 0 aliphatic heterocycles. The molecule has 6 nitrogen and oxygen atoms in total. The van der Waals surface area contributed by atoms with Crippen molar-refractivity contribution >= 4 is 38.9 Å². The molecule has 140 valence electrons. The lowest BCUT2D eigenvalue weighted by atomic mass is 10.1. The van der Waals surface area contributed by atoms with Crippen molar-refractivity contribution in [1.29, 1.82) is 0 Å². The summed E-state index contributed by atoms with van der Waals surface area (Å²) in [5, 5.41) is 0.824. The second-order valence-electron chi connectivity index (χ2n) is 5.71. The second kappa shape index (κ2) is 8.35. The van der Waals surface area contributed by atoms with E-state index in [1.54, 1.807) is 24.5 Å². The Hall–Kier alpha value is -2.67. The Morgan fingerprint density at radius 1 is 1.04 bits per heavy atom. The smallest absolute Gasteiger partial charge is 0.356 e. The van der Waals surface area contributed by atoms with E-state index in [1.165, 1.54) is 0 Å². The molecule has 0 bridgehead atoms. The van der Waals surface area contributed by atoms with Crippen LogP contribution in [0.4, 0.5) is 0 Å². The molecule has 0 radical (unpaired) electrons. The minimum absolute atomic E-state index is 0.0168. The maximum Gasteiger partial charge on any atom is 0.356 e. The summed E-state index contributed by atoms with van der Waals surface area (Å²) in [7, 11) is 0. The van der Waals surface area contributed by atoms with Crippen molar-refractivity contribution < 1.29 is 19.1 Å². The number of halogens is 1. The standard InChI is InChI=1S/C20H19BrN2O4/c1-3-26-16(24)12-23-18(21)17(13-8-6-5-7-9-13)14-10-11-15(22-19(14)23)20(25)27-4-2/h5-11H,3-4,12H2,1-2H3. The zero-order chi connectivity index (χ0) is 19.4. The van der Waals surface area contributed by atoms with Crippen LogP contribution in [0.25, 0.3) is 22.2 Å². The number of rotatable bonds is 6. The van der Waals surface area contributed by atoms with Crippen molar-refractivity contribution in [2.45, 2.75) is 20.4 Å². The molecule has 3 aromatic rings. The lowest BCUT2D eigenvalue weighted by Crippen LogP contribution is -2.14. The summed E-state index contributed by atoms with van der Waals surface area (Å²) in [6.07, 6.45) is 0. The lowest BCUT2D eigenvalue weighted by molar-refractivity contribution is -0.143. The van der Waals surface area contributed by atoms with E-state index in [1.807, 2.05) is 36.4 Å². The van der Waals surface area contributed by atoms with Crippen molar-refractivity contribution in [2.75, 3.05) is 13.2 Å². The average molecular weight is 431 g/mol. The minimum atomic E-state index is -0.499. The summed E-state index contributed by atoms with van der Waals surface area (Å²) >= 11 is 3.60. The van der Waals surface area contributed by atoms with Crippen LogP contribution >= 0.6 is 15.9 Å². The van der Waals surface area contributed by atoms with Crippen LogP contribution in [0.5, 0.6) is 0 Å². The largest absolute Gasteiger partial charge is 0.465 e. The van der Waals surface area contributed by atoms with E-state index in [4.69, 9.17) is 9.47 Å². The van der Waals surface area contributed by atoms with Crippen LogP contribution in [0.2, 0.25) is 0 Å². The number of nitrogens with zero attached hydrogens (tertiary/aromatic N) is 2. The highest BCUT2D eigenvalue weighted by Crippen LogP contribution is 2.37. The first-order valence-corrected chi connectivity index (χ1v) is 9.43. The van der Waals surface area contributed by atoms with E-state index in [-0.39, 0.29) is 24.8 Å². The van der Waals surface area contributed by atoms with Gasteiger partial charge in [-0.15, -0.1) is 0 Å². The Labute approximate surface area is 165 Å². The molecule has 1 aromatic carbocycles. The molecular weight excluding hydrogens is 412 g/mol. The number of ether oxygens (including phenoxy) is 2. The Balaban J connectivity index is 2.20. The third-order valence-electron chi connectivity index (χ3n) is 3.98. The van der Waals surface area contributed by atoms with E-state index < -0.39 is 5.97 Å². The van der Waals surface area contributed by atoms with Gasteiger partial charge in [0.25, 0.3) is 0 Å². The number of pyridine rings is 1. The van der Waals surface area contributed by atoms with Crippen molar-refractivity contribution in [3.05, 3.63) is 52.8 Å². The first-order chi connectivity index (χ1) is 13.1. The predicted molar refractivity (Wildman–Crippen MR) is 105 cm³/mol. The zero-order valence-electron chi connectivity index (χ0n) is 15.1. The first kappa shape index (κ1) is 19.1. The van der Waals surface area contributed by atoms with Gasteiger partial charge < -0.3 is 14.0 Å². The number of carbonyl (C=O) groups is 2. The van der Waals surface area contributed by atoms with Gasteiger partial charge in [0.2, 0.25) is 0 Å². The SMILES string of the molecule is CCOC(=O)Cn1c(Br)c(-c2ccccc2)c2ccc(C(=O)OCC)nc21. The van der Waals surface area contributed by atoms with Gasteiger partial charge in [-0.3, -0.25) is 4.79 Å². The van der Waals surface area contributed by atoms with Crippen molar-refractivity contribution in [1.82, 2.24) is 9.55 Å². The van der Waals surface area contributed by atoms with E-state index in [9.17, 15) is 9.59 Å². The Bertz CT molecular complexity index is 983. The summed E-state index contributed by atoms with van der Waals surface area (Å²) < 4.78 is 12.5. The molecule has 0 aliphatic rings. The second-order valence-corrected chi connectivity index (χ2v) is 6.46. The van der Waals surface area contributed by atoms with Gasteiger partial charge in [0.1, 0.15) is 12.2 Å². The fourth-order valence-electron chi connectivity index (χ4n) is 2.87. The van der Waals surface area contributed by atoms with Crippen LogP contribution < -0.4 is 0 Å². The topological polar surface area (TPSA) is 70.4 Å². The molecule has 0 saturated carbocycles. The van der Waals surface area contributed by atoms with Crippen molar-refractivity contribution in [2.24, 2.45) is 0 Å². The number of aromatic nitrogens is 2. The van der Waals surface area contributed by atoms with Crippen LogP contribution in [0.1, 0.15) is 24.3 Å². The first-order valence-electron chi connectivity index (χ1n) is 8.63. The summed E-state index contributed by atoms with van der Waals surface area (Å²) in [6, 6.07) is 13.2. The average Bonchev–Trinajstić information content (AvgIpc) is 2.94. The van der Waals surface area contributed by atoms with Gasteiger partial charge in [-0.25, -0.2) is 9.78 Å². The molecule has 3 rings (SSSR count). The van der Waals surface area contributed by atoms with Crippen LogP contribution in [0, 0.1) is 0 Å². The van der Waals surface area contributed by atoms with Crippen molar-refractivity contribution in [3.8, 4) is 11.1 Å². The highest BCUT2D eigenvalue weighted by molar-refractivity contribution is 9.10. The Kier molecular flexibility index (Phi) is 5.91. The summed E-state index contributed by atoms with van der Waals surface area (Å²) in [5.41, 5.74) is 2.58. The molecule has 0 saturated heterocycles. The molecule has 2 heterocycles. The molecule has 0 N–H and O–H groups in total. The van der Waals surface area contributed by atoms with Crippen molar-refractivity contribution in [3.63, 3.8) is 0 Å². The molecule has 7 heteroatoms. The fraction of sp³-hybridized carbons (Fsp3) is 0.250. The van der Waals surface area contributed by atoms with Crippen LogP contribution in [0.3, 0.4) is 0 Å². The molecule has 0 fully saturated rings. The fourth-order valence-corrected chi connectivity index (χ4v) is 3.60. The van der Waals surface area contributed by atoms with Crippen LogP contribution in [-0.2, 0) is 20.8 Å². The predicted octanol–water partition coefficient (Wildman–Crippen LogP) is 4.21. The Morgan fingerprint density at radius 3 is 2.41 bits per heavy atom. The van der Waals surface area contributed by atoms with Gasteiger partial charge in [-0.05, 0) is 47.5 Å². The van der Waals surface area contributed by atoms with Gasteiger partial charge in [0.05, 0.1) is 17.8 Å². The van der Waals surface area contributed by atoms with E-state index >= 15 is 0 Å². The normalized spacial score (nSPS) is 10.8. The summed E-state index contributed by atoms with van der Waals surface area (Å²) in [6.45, 7) is 4.04. The monoisotopic (exact) mass is 430 g/mol. The highest BCUT2D eigenvalue weighted by atomic mass is 79.9. The Morgan fingerprint density at radius 2 is 1.74 bits per heavy atom. The van der Waals surface area contributed by atoms with Gasteiger partial charge in [0, 0.05) is 10.9 Å². The minimum Gasteiger partial charge on any atom is -0.465 e. The molecule has 0 spiro atoms. The van der Waals surface area contributed by atoms with Gasteiger partial charge in [-0.1, -0.05) is 30.3 Å². The molecule has 0 unspecified atom stereocenters. The third-order valence-corrected chi connectivity index (χ3v) is 4.81. The molecule has 0 atom stereocenters. The molecule has 0 aliphatic carbocycles. The third kappa shape index (κ3) is 3.88. The number of hydrogen-bond donors (Lipinski definition) is 0. The van der Waals surface area contributed by atoms with E-state index in [0.717, 1.165) is 16.5 Å². The lowest BCUT2D eigenvalue weighted by Gasteiger charge is -2.07. The maximum atomic E-state index is 12.1. The molecule has 27 heavy (non-hydrogen) atoms. The molecule has 0 amide bonds. The number of hydrogen-bond acceptors (Lipinski definition) is 5. The zero-order valence-corrected chi connectivity index (χ0v) is 16.7.